The minimum Gasteiger partial charge on any atom is -0.383 e. The molecule has 3 rings (SSSR count). The van der Waals surface area contributed by atoms with E-state index < -0.39 is 0 Å². The maximum atomic E-state index is 12.4. The van der Waals surface area contributed by atoms with Crippen LogP contribution in [-0.4, -0.2) is 43.7 Å². The molecule has 0 bridgehead atoms. The lowest BCUT2D eigenvalue weighted by molar-refractivity contribution is 0.0952. The van der Waals surface area contributed by atoms with Gasteiger partial charge in [-0.15, -0.1) is 0 Å². The molecule has 0 saturated carbocycles. The fourth-order valence-corrected chi connectivity index (χ4v) is 3.84. The van der Waals surface area contributed by atoms with Gasteiger partial charge in [0.15, 0.2) is 0 Å². The molecule has 0 unspecified atom stereocenters. The van der Waals surface area contributed by atoms with Crippen molar-refractivity contribution in [1.82, 2.24) is 10.2 Å². The average molecular weight is 449 g/mol. The number of nitrogens with zero attached hydrogens (tertiary/aromatic N) is 2. The van der Waals surface area contributed by atoms with Crippen LogP contribution < -0.4 is 11.1 Å². The molecule has 1 heterocycles. The smallest absolute Gasteiger partial charge is 0.251 e. The zero-order valence-corrected chi connectivity index (χ0v) is 19.2. The van der Waals surface area contributed by atoms with E-state index in [1.165, 1.54) is 25.9 Å². The molecule has 2 aromatic carbocycles. The SMILES string of the molecule is C=N/C(N)=C(/C#Cc1ccc(C(=O)NCCCN2CCCC2)cc1)c1cc(Cl)ccc1C. The number of carbonyl (C=O) groups excluding carboxylic acids is 1. The van der Waals surface area contributed by atoms with Gasteiger partial charge in [-0.3, -0.25) is 4.79 Å². The van der Waals surface area contributed by atoms with E-state index in [0.717, 1.165) is 29.7 Å². The molecule has 0 aromatic heterocycles. The summed E-state index contributed by atoms with van der Waals surface area (Å²) in [6.07, 6.45) is 3.54. The van der Waals surface area contributed by atoms with Crippen LogP contribution in [0.15, 0.2) is 53.3 Å². The van der Waals surface area contributed by atoms with Gasteiger partial charge in [0.05, 0.1) is 5.57 Å². The van der Waals surface area contributed by atoms with Crippen molar-refractivity contribution in [3.05, 3.63) is 75.6 Å². The summed E-state index contributed by atoms with van der Waals surface area (Å²) in [7, 11) is 0. The number of aryl methyl sites for hydroxylation is 1. The van der Waals surface area contributed by atoms with Gasteiger partial charge in [0.1, 0.15) is 5.82 Å². The number of rotatable bonds is 7. The van der Waals surface area contributed by atoms with E-state index in [0.29, 0.717) is 22.7 Å². The van der Waals surface area contributed by atoms with Crippen LogP contribution in [0.1, 0.15) is 46.3 Å². The Hall–Kier alpha value is -3.07. The van der Waals surface area contributed by atoms with Crippen molar-refractivity contribution in [2.75, 3.05) is 26.2 Å². The number of halogens is 1. The normalized spacial score (nSPS) is 14.3. The van der Waals surface area contributed by atoms with E-state index in [1.54, 1.807) is 12.1 Å². The van der Waals surface area contributed by atoms with Gasteiger partial charge >= 0.3 is 0 Å². The van der Waals surface area contributed by atoms with Crippen molar-refractivity contribution < 1.29 is 4.79 Å². The Morgan fingerprint density at radius 3 is 2.62 bits per heavy atom. The third kappa shape index (κ3) is 6.46. The van der Waals surface area contributed by atoms with Crippen LogP contribution in [0.2, 0.25) is 5.02 Å². The maximum absolute atomic E-state index is 12.4. The van der Waals surface area contributed by atoms with E-state index in [2.05, 4.69) is 33.8 Å². The van der Waals surface area contributed by atoms with Gasteiger partial charge in [0.2, 0.25) is 0 Å². The van der Waals surface area contributed by atoms with Crippen molar-refractivity contribution in [1.29, 1.82) is 0 Å². The predicted molar refractivity (Wildman–Crippen MR) is 133 cm³/mol. The first kappa shape index (κ1) is 23.6. The minimum absolute atomic E-state index is 0.0684. The maximum Gasteiger partial charge on any atom is 0.251 e. The van der Waals surface area contributed by atoms with Crippen LogP contribution in [0.3, 0.4) is 0 Å². The van der Waals surface area contributed by atoms with Crippen LogP contribution >= 0.6 is 11.6 Å². The summed E-state index contributed by atoms with van der Waals surface area (Å²) in [5, 5.41) is 3.59. The third-order valence-corrected chi connectivity index (χ3v) is 5.74. The van der Waals surface area contributed by atoms with Crippen LogP contribution in [0.4, 0.5) is 0 Å². The molecule has 1 fully saturated rings. The summed E-state index contributed by atoms with van der Waals surface area (Å²) in [5.41, 5.74) is 9.80. The van der Waals surface area contributed by atoms with Crippen LogP contribution in [-0.2, 0) is 0 Å². The molecule has 0 radical (unpaired) electrons. The molecule has 0 atom stereocenters. The third-order valence-electron chi connectivity index (χ3n) is 5.51. The molecular weight excluding hydrogens is 420 g/mol. The Bertz CT molecular complexity index is 1060. The average Bonchev–Trinajstić information content (AvgIpc) is 3.32. The highest BCUT2D eigenvalue weighted by Crippen LogP contribution is 2.24. The van der Waals surface area contributed by atoms with E-state index in [-0.39, 0.29) is 11.7 Å². The highest BCUT2D eigenvalue weighted by molar-refractivity contribution is 6.30. The summed E-state index contributed by atoms with van der Waals surface area (Å²) in [4.78, 5) is 18.7. The van der Waals surface area contributed by atoms with E-state index >= 15 is 0 Å². The first-order valence-corrected chi connectivity index (χ1v) is 11.2. The Balaban J connectivity index is 1.64. The standard InChI is InChI=1S/C26H29ClN4O/c1-19-6-12-22(27)18-24(19)23(25(28)29-2)13-9-20-7-10-21(11-8-20)26(32)30-14-5-17-31-15-3-4-16-31/h6-8,10-12,18H,2-5,14-17,28H2,1H3,(H,30,32)/b25-23-. The zero-order valence-electron chi connectivity index (χ0n) is 18.5. The number of allylic oxidation sites excluding steroid dienone is 1. The fourth-order valence-electron chi connectivity index (χ4n) is 3.66. The number of likely N-dealkylation sites (tertiary alicyclic amines) is 1. The zero-order chi connectivity index (χ0) is 22.9. The monoisotopic (exact) mass is 448 g/mol. The summed E-state index contributed by atoms with van der Waals surface area (Å²) in [6, 6.07) is 12.8. The Morgan fingerprint density at radius 2 is 1.94 bits per heavy atom. The topological polar surface area (TPSA) is 70.7 Å². The van der Waals surface area contributed by atoms with Crippen molar-refractivity contribution in [2.45, 2.75) is 26.2 Å². The summed E-state index contributed by atoms with van der Waals surface area (Å²) in [5.74, 6) is 6.37. The largest absolute Gasteiger partial charge is 0.383 e. The lowest BCUT2D eigenvalue weighted by atomic mass is 10.0. The molecule has 166 valence electrons. The predicted octanol–water partition coefficient (Wildman–Crippen LogP) is 4.24. The Morgan fingerprint density at radius 1 is 1.22 bits per heavy atom. The van der Waals surface area contributed by atoms with E-state index in [4.69, 9.17) is 17.3 Å². The van der Waals surface area contributed by atoms with Gasteiger partial charge < -0.3 is 16.0 Å². The molecule has 2 aromatic rings. The van der Waals surface area contributed by atoms with Gasteiger partial charge in [-0.05, 0) is 100 Å². The molecule has 3 N–H and O–H groups in total. The van der Waals surface area contributed by atoms with Crippen molar-refractivity contribution in [3.63, 3.8) is 0 Å². The highest BCUT2D eigenvalue weighted by atomic mass is 35.5. The fraction of sp³-hybridized carbons (Fsp3) is 0.308. The molecule has 1 aliphatic rings. The lowest BCUT2D eigenvalue weighted by Crippen LogP contribution is -2.28. The number of nitrogens with one attached hydrogen (secondary N) is 1. The van der Waals surface area contributed by atoms with Crippen molar-refractivity contribution >= 4 is 29.8 Å². The summed E-state index contributed by atoms with van der Waals surface area (Å²) >= 11 is 6.15. The van der Waals surface area contributed by atoms with Gasteiger partial charge in [0.25, 0.3) is 5.91 Å². The quantitative estimate of drug-likeness (QED) is 0.378. The second-order valence-corrected chi connectivity index (χ2v) is 8.30. The number of aliphatic imine (C=N–C) groups is 1. The molecule has 0 aliphatic carbocycles. The number of hydrogen-bond donors (Lipinski definition) is 2. The molecule has 1 aliphatic heterocycles. The summed E-state index contributed by atoms with van der Waals surface area (Å²) in [6.45, 7) is 9.56. The molecular formula is C26H29ClN4O. The van der Waals surface area contributed by atoms with Gasteiger partial charge in [0, 0.05) is 22.7 Å². The minimum atomic E-state index is -0.0684. The molecule has 5 nitrogen and oxygen atoms in total. The van der Waals surface area contributed by atoms with E-state index in [9.17, 15) is 4.79 Å². The Kier molecular flexibility index (Phi) is 8.49. The summed E-state index contributed by atoms with van der Waals surface area (Å²) < 4.78 is 0. The van der Waals surface area contributed by atoms with Gasteiger partial charge in [-0.2, -0.15) is 0 Å². The molecule has 1 saturated heterocycles. The first-order valence-electron chi connectivity index (χ1n) is 10.8. The first-order chi connectivity index (χ1) is 15.5. The van der Waals surface area contributed by atoms with Crippen molar-refractivity contribution in [2.24, 2.45) is 10.7 Å². The molecule has 1 amide bonds. The van der Waals surface area contributed by atoms with Crippen LogP contribution in [0.25, 0.3) is 5.57 Å². The van der Waals surface area contributed by atoms with Gasteiger partial charge in [-0.1, -0.05) is 29.5 Å². The number of benzene rings is 2. The highest BCUT2D eigenvalue weighted by Gasteiger charge is 2.11. The lowest BCUT2D eigenvalue weighted by Gasteiger charge is -2.14. The second kappa shape index (κ2) is 11.5. The number of nitrogens with two attached hydrogens (primary N) is 1. The van der Waals surface area contributed by atoms with Crippen LogP contribution in [0, 0.1) is 18.8 Å². The number of hydrogen-bond acceptors (Lipinski definition) is 4. The number of amides is 1. The number of carbonyl (C=O) groups is 1. The van der Waals surface area contributed by atoms with Crippen LogP contribution in [0.5, 0.6) is 0 Å². The van der Waals surface area contributed by atoms with E-state index in [1.807, 2.05) is 37.3 Å². The molecule has 32 heavy (non-hydrogen) atoms. The van der Waals surface area contributed by atoms with Gasteiger partial charge in [-0.25, -0.2) is 4.99 Å². The second-order valence-electron chi connectivity index (χ2n) is 7.86. The van der Waals surface area contributed by atoms with Crippen molar-refractivity contribution in [3.8, 4) is 11.8 Å². The molecule has 6 heteroatoms. The molecule has 0 spiro atoms. The Labute approximate surface area is 195 Å².